The molecule has 0 spiro atoms. The standard InChI is InChI=1S/C35H33F3N8O/c1-43(2)34(47)21-12-8-19(9-13-21)27(36)18-46-17-25-23(6-5-7-28(25)41-46)30-31(20-10-11-20)45(4)33(40-30)24-14-22-16-44(3)42-32(22)39-29(24)26-15-35(26,37)38/h5-9,12-14,16-17,20,26-27H,10-11,15,18H2,1-4H3. The lowest BCUT2D eigenvalue weighted by Gasteiger charge is -2.12. The van der Waals surface area contributed by atoms with E-state index in [2.05, 4.69) is 15.2 Å². The summed E-state index contributed by atoms with van der Waals surface area (Å²) in [5.74, 6) is -3.05. The van der Waals surface area contributed by atoms with Crippen LogP contribution in [0.25, 0.3) is 44.6 Å². The van der Waals surface area contributed by atoms with Crippen molar-refractivity contribution in [3.8, 4) is 22.6 Å². The molecule has 8 rings (SSSR count). The number of fused-ring (bicyclic) bond motifs is 2. The van der Waals surface area contributed by atoms with Gasteiger partial charge >= 0.3 is 0 Å². The van der Waals surface area contributed by atoms with Crippen LogP contribution in [0, 0.1) is 0 Å². The number of carbonyl (C=O) groups excluding carboxylic acids is 1. The molecule has 0 bridgehead atoms. The zero-order chi connectivity index (χ0) is 32.8. The summed E-state index contributed by atoms with van der Waals surface area (Å²) in [4.78, 5) is 23.5. The van der Waals surface area contributed by atoms with Gasteiger partial charge in [-0.3, -0.25) is 14.2 Å². The summed E-state index contributed by atoms with van der Waals surface area (Å²) in [6.45, 7) is -0.00615. The van der Waals surface area contributed by atoms with E-state index in [1.54, 1.807) is 54.8 Å². The van der Waals surface area contributed by atoms with E-state index in [1.807, 2.05) is 48.3 Å². The number of carbonyl (C=O) groups is 1. The lowest BCUT2D eigenvalue weighted by molar-refractivity contribution is 0.0827. The maximum absolute atomic E-state index is 15.5. The van der Waals surface area contributed by atoms with E-state index in [0.717, 1.165) is 40.6 Å². The van der Waals surface area contributed by atoms with Gasteiger partial charge in [-0.2, -0.15) is 10.2 Å². The monoisotopic (exact) mass is 638 g/mol. The van der Waals surface area contributed by atoms with E-state index in [4.69, 9.17) is 4.98 Å². The van der Waals surface area contributed by atoms with Gasteiger partial charge in [0.05, 0.1) is 29.4 Å². The van der Waals surface area contributed by atoms with Crippen molar-refractivity contribution in [2.24, 2.45) is 14.1 Å². The number of pyridine rings is 1. The second kappa shape index (κ2) is 10.5. The first-order valence-electron chi connectivity index (χ1n) is 15.7. The molecule has 0 N–H and O–H groups in total. The Hall–Kier alpha value is -5.00. The van der Waals surface area contributed by atoms with Gasteiger partial charge in [-0.25, -0.2) is 23.1 Å². The molecule has 9 nitrogen and oxygen atoms in total. The number of aromatic nitrogens is 7. The number of amides is 1. The summed E-state index contributed by atoms with van der Waals surface area (Å²) in [5.41, 5.74) is 5.67. The van der Waals surface area contributed by atoms with Crippen molar-refractivity contribution in [1.82, 2.24) is 39.0 Å². The number of halogens is 3. The molecule has 2 unspecified atom stereocenters. The smallest absolute Gasteiger partial charge is 0.257 e. The lowest BCUT2D eigenvalue weighted by Crippen LogP contribution is -2.21. The summed E-state index contributed by atoms with van der Waals surface area (Å²) < 4.78 is 49.8. The third kappa shape index (κ3) is 5.06. The van der Waals surface area contributed by atoms with Crippen LogP contribution in [0.3, 0.4) is 0 Å². The van der Waals surface area contributed by atoms with Crippen LogP contribution in [0.2, 0.25) is 0 Å². The van der Waals surface area contributed by atoms with Gasteiger partial charge in [0.25, 0.3) is 11.8 Å². The van der Waals surface area contributed by atoms with E-state index in [9.17, 15) is 13.6 Å². The van der Waals surface area contributed by atoms with Gasteiger partial charge in [0.1, 0.15) is 12.0 Å². The van der Waals surface area contributed by atoms with Crippen LogP contribution in [0.1, 0.15) is 64.6 Å². The van der Waals surface area contributed by atoms with Crippen LogP contribution < -0.4 is 0 Å². The molecule has 6 aromatic rings. The number of hydrogen-bond donors (Lipinski definition) is 0. The van der Waals surface area contributed by atoms with E-state index in [-0.39, 0.29) is 18.9 Å². The molecular formula is C35H33F3N8O. The largest absolute Gasteiger partial charge is 0.345 e. The fraction of sp³-hybridized carbons (Fsp3) is 0.343. The van der Waals surface area contributed by atoms with Gasteiger partial charge in [-0.1, -0.05) is 24.3 Å². The molecule has 4 aromatic heterocycles. The van der Waals surface area contributed by atoms with Crippen molar-refractivity contribution in [3.05, 3.63) is 83.4 Å². The summed E-state index contributed by atoms with van der Waals surface area (Å²) in [6, 6.07) is 14.2. The Morgan fingerprint density at radius 2 is 1.77 bits per heavy atom. The summed E-state index contributed by atoms with van der Waals surface area (Å²) in [5, 5.41) is 10.6. The number of hydrogen-bond acceptors (Lipinski definition) is 5. The van der Waals surface area contributed by atoms with E-state index < -0.39 is 18.0 Å². The van der Waals surface area contributed by atoms with E-state index in [0.29, 0.717) is 45.3 Å². The summed E-state index contributed by atoms with van der Waals surface area (Å²) in [7, 11) is 7.08. The first-order chi connectivity index (χ1) is 22.5. The molecular weight excluding hydrogens is 605 g/mol. The molecule has 2 aliphatic carbocycles. The van der Waals surface area contributed by atoms with Crippen molar-refractivity contribution in [1.29, 1.82) is 0 Å². The quantitative estimate of drug-likeness (QED) is 0.183. The second-order valence-electron chi connectivity index (χ2n) is 13.0. The van der Waals surface area contributed by atoms with Crippen LogP contribution >= 0.6 is 0 Å². The molecule has 1 amide bonds. The molecule has 240 valence electrons. The number of alkyl halides is 3. The maximum Gasteiger partial charge on any atom is 0.257 e. The van der Waals surface area contributed by atoms with Crippen LogP contribution in [0.5, 0.6) is 0 Å². The Morgan fingerprint density at radius 3 is 2.45 bits per heavy atom. The minimum Gasteiger partial charge on any atom is -0.345 e. The van der Waals surface area contributed by atoms with Crippen LogP contribution in [-0.2, 0) is 20.6 Å². The Bertz CT molecular complexity index is 2190. The average Bonchev–Trinajstić information content (AvgIpc) is 3.84. The topological polar surface area (TPSA) is 86.7 Å². The molecule has 4 heterocycles. The Kier molecular flexibility index (Phi) is 6.58. The third-order valence-electron chi connectivity index (χ3n) is 9.26. The Labute approximate surface area is 268 Å². The first kappa shape index (κ1) is 29.4. The van der Waals surface area contributed by atoms with E-state index in [1.165, 1.54) is 4.90 Å². The number of imidazole rings is 1. The SMILES string of the molecule is CN(C)C(=O)c1ccc(C(F)Cn2cc3c(-c4nc(-c5cc6cn(C)nc6nc5C5CC5(F)F)n(C)c4C4CC4)cccc3n2)cc1. The molecule has 2 fully saturated rings. The lowest BCUT2D eigenvalue weighted by atomic mass is 10.0. The van der Waals surface area contributed by atoms with Gasteiger partial charge in [0.2, 0.25) is 0 Å². The molecule has 2 aliphatic rings. The highest BCUT2D eigenvalue weighted by Gasteiger charge is 2.59. The van der Waals surface area contributed by atoms with E-state index >= 15 is 4.39 Å². The molecule has 2 saturated carbocycles. The van der Waals surface area contributed by atoms with Crippen molar-refractivity contribution >= 4 is 27.8 Å². The van der Waals surface area contributed by atoms with Gasteiger partial charge in [0.15, 0.2) is 5.65 Å². The van der Waals surface area contributed by atoms with Crippen molar-refractivity contribution in [2.45, 2.75) is 49.7 Å². The van der Waals surface area contributed by atoms with Gasteiger partial charge in [-0.05, 0) is 42.7 Å². The summed E-state index contributed by atoms with van der Waals surface area (Å²) >= 11 is 0. The first-order valence-corrected chi connectivity index (χ1v) is 15.7. The van der Waals surface area contributed by atoms with Gasteiger partial charge in [0, 0.05) is 86.1 Å². The molecule has 12 heteroatoms. The van der Waals surface area contributed by atoms with Gasteiger partial charge < -0.3 is 9.47 Å². The third-order valence-corrected chi connectivity index (χ3v) is 9.26. The maximum atomic E-state index is 15.5. The highest BCUT2D eigenvalue weighted by atomic mass is 19.3. The van der Waals surface area contributed by atoms with Crippen molar-refractivity contribution < 1.29 is 18.0 Å². The van der Waals surface area contributed by atoms with Gasteiger partial charge in [-0.15, -0.1) is 0 Å². The number of rotatable bonds is 8. The van der Waals surface area contributed by atoms with Crippen molar-refractivity contribution in [2.75, 3.05) is 14.1 Å². The Balaban J connectivity index is 1.18. The average molecular weight is 639 g/mol. The van der Waals surface area contributed by atoms with Crippen LogP contribution in [0.15, 0.2) is 60.9 Å². The highest BCUT2D eigenvalue weighted by molar-refractivity contribution is 5.95. The Morgan fingerprint density at radius 1 is 1.02 bits per heavy atom. The summed E-state index contributed by atoms with van der Waals surface area (Å²) in [6.07, 6.45) is 4.11. The predicted molar refractivity (Wildman–Crippen MR) is 172 cm³/mol. The molecule has 2 aromatic carbocycles. The van der Waals surface area contributed by atoms with Crippen molar-refractivity contribution in [3.63, 3.8) is 0 Å². The normalized spacial score (nSPS) is 17.8. The highest BCUT2D eigenvalue weighted by Crippen LogP contribution is 2.57. The molecule has 2 atom stereocenters. The fourth-order valence-corrected chi connectivity index (χ4v) is 6.57. The minimum atomic E-state index is -2.81. The minimum absolute atomic E-state index is 0.00615. The molecule has 47 heavy (non-hydrogen) atoms. The molecule has 0 radical (unpaired) electrons. The number of aryl methyl sites for hydroxylation is 1. The predicted octanol–water partition coefficient (Wildman–Crippen LogP) is 6.80. The zero-order valence-electron chi connectivity index (χ0n) is 26.5. The molecule has 0 saturated heterocycles. The van der Waals surface area contributed by atoms with Crippen LogP contribution in [0.4, 0.5) is 13.2 Å². The number of nitrogens with zero attached hydrogens (tertiary/aromatic N) is 8. The second-order valence-corrected chi connectivity index (χ2v) is 13.0. The number of benzene rings is 2. The fourth-order valence-electron chi connectivity index (χ4n) is 6.57. The molecule has 0 aliphatic heterocycles. The zero-order valence-corrected chi connectivity index (χ0v) is 26.5. The van der Waals surface area contributed by atoms with Crippen LogP contribution in [-0.4, -0.2) is 64.9 Å².